The van der Waals surface area contributed by atoms with E-state index in [2.05, 4.69) is 5.32 Å². The average Bonchev–Trinajstić information content (AvgIpc) is 3.70. The van der Waals surface area contributed by atoms with Gasteiger partial charge in [-0.2, -0.15) is 0 Å². The van der Waals surface area contributed by atoms with E-state index < -0.39 is 41.9 Å². The van der Waals surface area contributed by atoms with Gasteiger partial charge in [-0.05, 0) is 53.0 Å². The second-order valence-electron chi connectivity index (χ2n) is 11.1. The molecule has 42 heavy (non-hydrogen) atoms. The number of hydrogen-bond donors (Lipinski definition) is 2. The fourth-order valence-electron chi connectivity index (χ4n) is 6.50. The largest absolute Gasteiger partial charge is 0.479 e. The fourth-order valence-corrected chi connectivity index (χ4v) is 6.50. The number of carbonyl (C=O) groups excluding carboxylic acids is 3. The van der Waals surface area contributed by atoms with Crippen molar-refractivity contribution in [2.75, 3.05) is 13.2 Å². The number of aliphatic carboxylic acids is 1. The lowest BCUT2D eigenvalue weighted by Gasteiger charge is -2.36. The molecule has 3 aromatic carbocycles. The third kappa shape index (κ3) is 5.11. The summed E-state index contributed by atoms with van der Waals surface area (Å²) in [6.45, 7) is 0.282. The smallest absolute Gasteiger partial charge is 0.407 e. The molecule has 3 aromatic rings. The minimum Gasteiger partial charge on any atom is -0.479 e. The van der Waals surface area contributed by atoms with Gasteiger partial charge in [0.05, 0.1) is 6.42 Å². The molecule has 1 heterocycles. The Balaban J connectivity index is 1.16. The van der Waals surface area contributed by atoms with Gasteiger partial charge in [0.2, 0.25) is 5.91 Å². The Morgan fingerprint density at radius 1 is 0.905 bits per heavy atom. The molecule has 2 N–H and O–H groups in total. The SMILES string of the molecule is O=C(C[C@H](NC(=O)OCC1c2ccccc2-c2ccccc21)C(=O)N1CCC[C@H]2C[C@]21C(=O)O)OCc1ccccc1. The van der Waals surface area contributed by atoms with E-state index in [0.717, 1.165) is 34.2 Å². The summed E-state index contributed by atoms with van der Waals surface area (Å²) in [6, 6.07) is 23.7. The number of esters is 1. The number of alkyl carbamates (subject to hydrolysis) is 1. The third-order valence-corrected chi connectivity index (χ3v) is 8.67. The molecule has 9 nitrogen and oxygen atoms in total. The molecule has 1 saturated heterocycles. The second kappa shape index (κ2) is 11.3. The molecule has 3 aliphatic rings. The first-order valence-electron chi connectivity index (χ1n) is 14.2. The maximum Gasteiger partial charge on any atom is 0.407 e. The summed E-state index contributed by atoms with van der Waals surface area (Å²) in [7, 11) is 0. The Morgan fingerprint density at radius 3 is 2.21 bits per heavy atom. The van der Waals surface area contributed by atoms with Crippen molar-refractivity contribution in [1.82, 2.24) is 10.2 Å². The van der Waals surface area contributed by atoms with Crippen LogP contribution in [0.2, 0.25) is 0 Å². The summed E-state index contributed by atoms with van der Waals surface area (Å²) in [6.07, 6.45) is 0.429. The monoisotopic (exact) mass is 568 g/mol. The number of nitrogens with zero attached hydrogens (tertiary/aromatic N) is 1. The van der Waals surface area contributed by atoms with Gasteiger partial charge in [-0.25, -0.2) is 9.59 Å². The molecule has 2 fully saturated rings. The number of piperidine rings is 1. The standard InChI is InChI=1S/C33H32N2O7/c36-29(41-19-21-9-2-1-3-10-21)17-28(30(37)35-16-8-11-22-18-33(22,35)31(38)39)34-32(40)42-20-27-25-14-6-4-12-23(25)24-13-5-7-15-26(24)27/h1-7,9-10,12-15,22,27-28H,8,11,16-20H2,(H,34,40)(H,38,39)/t22-,28-,33+/m0/s1. The van der Waals surface area contributed by atoms with Crippen LogP contribution < -0.4 is 5.32 Å². The van der Waals surface area contributed by atoms with Gasteiger partial charge in [0.25, 0.3) is 0 Å². The van der Waals surface area contributed by atoms with Gasteiger partial charge < -0.3 is 24.8 Å². The van der Waals surface area contributed by atoms with Gasteiger partial charge in [0.1, 0.15) is 24.8 Å². The lowest BCUT2D eigenvalue weighted by molar-refractivity contribution is -0.157. The van der Waals surface area contributed by atoms with Crippen LogP contribution in [-0.4, -0.2) is 58.7 Å². The lowest BCUT2D eigenvalue weighted by Crippen LogP contribution is -2.58. The molecule has 6 rings (SSSR count). The first-order chi connectivity index (χ1) is 20.4. The van der Waals surface area contributed by atoms with Crippen molar-refractivity contribution in [3.8, 4) is 11.1 Å². The van der Waals surface area contributed by atoms with Gasteiger partial charge in [0.15, 0.2) is 0 Å². The van der Waals surface area contributed by atoms with Gasteiger partial charge >= 0.3 is 18.0 Å². The third-order valence-electron chi connectivity index (χ3n) is 8.67. The Bertz CT molecular complexity index is 1480. The number of benzene rings is 3. The quantitative estimate of drug-likeness (QED) is 0.365. The topological polar surface area (TPSA) is 122 Å². The van der Waals surface area contributed by atoms with E-state index in [1.165, 1.54) is 4.90 Å². The highest BCUT2D eigenvalue weighted by Crippen LogP contribution is 2.54. The van der Waals surface area contributed by atoms with Crippen LogP contribution in [0.3, 0.4) is 0 Å². The van der Waals surface area contributed by atoms with Crippen LogP contribution >= 0.6 is 0 Å². The van der Waals surface area contributed by atoms with Crippen LogP contribution in [0.25, 0.3) is 11.1 Å². The van der Waals surface area contributed by atoms with E-state index in [0.29, 0.717) is 12.8 Å². The zero-order chi connectivity index (χ0) is 29.3. The highest BCUT2D eigenvalue weighted by molar-refractivity contribution is 5.95. The van der Waals surface area contributed by atoms with Crippen molar-refractivity contribution in [3.63, 3.8) is 0 Å². The number of carboxylic acids is 1. The van der Waals surface area contributed by atoms with Gasteiger partial charge in [-0.1, -0.05) is 78.9 Å². The number of carbonyl (C=O) groups is 4. The number of likely N-dealkylation sites (tertiary alicyclic amines) is 1. The van der Waals surface area contributed by atoms with Gasteiger partial charge in [-0.3, -0.25) is 9.59 Å². The van der Waals surface area contributed by atoms with Crippen molar-refractivity contribution in [2.45, 2.75) is 49.8 Å². The summed E-state index contributed by atoms with van der Waals surface area (Å²) in [5.74, 6) is -2.69. The Kier molecular flexibility index (Phi) is 7.41. The van der Waals surface area contributed by atoms with Crippen LogP contribution in [0.5, 0.6) is 0 Å². The molecule has 0 aromatic heterocycles. The second-order valence-corrected chi connectivity index (χ2v) is 11.1. The number of rotatable bonds is 9. The Labute approximate surface area is 243 Å². The van der Waals surface area contributed by atoms with Crippen molar-refractivity contribution in [1.29, 1.82) is 0 Å². The Hall–Kier alpha value is -4.66. The molecule has 2 aliphatic carbocycles. The molecule has 0 bridgehead atoms. The van der Waals surface area contributed by atoms with E-state index in [1.807, 2.05) is 78.9 Å². The molecule has 0 radical (unpaired) electrons. The summed E-state index contributed by atoms with van der Waals surface area (Å²) >= 11 is 0. The molecule has 9 heteroatoms. The van der Waals surface area contributed by atoms with Gasteiger partial charge in [-0.15, -0.1) is 0 Å². The number of ether oxygens (including phenoxy) is 2. The fraction of sp³-hybridized carbons (Fsp3) is 0.333. The van der Waals surface area contributed by atoms with E-state index in [1.54, 1.807) is 0 Å². The lowest BCUT2D eigenvalue weighted by atomic mass is 9.98. The number of nitrogens with one attached hydrogen (secondary N) is 1. The number of carboxylic acid groups (broad SMARTS) is 1. The first-order valence-corrected chi connectivity index (χ1v) is 14.2. The Morgan fingerprint density at radius 2 is 1.55 bits per heavy atom. The molecular formula is C33H32N2O7. The number of fused-ring (bicyclic) bond motifs is 4. The average molecular weight is 569 g/mol. The van der Waals surface area contributed by atoms with Crippen molar-refractivity contribution in [3.05, 3.63) is 95.6 Å². The minimum atomic E-state index is -1.33. The minimum absolute atomic E-state index is 0.0103. The van der Waals surface area contributed by atoms with Gasteiger partial charge in [0, 0.05) is 12.5 Å². The van der Waals surface area contributed by atoms with Crippen LogP contribution in [-0.2, 0) is 30.5 Å². The molecule has 3 atom stereocenters. The number of amides is 2. The summed E-state index contributed by atoms with van der Waals surface area (Å²) in [4.78, 5) is 53.3. The predicted octanol–water partition coefficient (Wildman–Crippen LogP) is 4.49. The normalized spacial score (nSPS) is 20.9. The molecule has 1 aliphatic heterocycles. The highest BCUT2D eigenvalue weighted by atomic mass is 16.5. The summed E-state index contributed by atoms with van der Waals surface area (Å²) in [5.41, 5.74) is 3.74. The highest BCUT2D eigenvalue weighted by Gasteiger charge is 2.67. The van der Waals surface area contributed by atoms with E-state index in [9.17, 15) is 24.3 Å². The zero-order valence-corrected chi connectivity index (χ0v) is 23.0. The van der Waals surface area contributed by atoms with Crippen LogP contribution in [0.4, 0.5) is 4.79 Å². The molecule has 2 amide bonds. The zero-order valence-electron chi connectivity index (χ0n) is 23.0. The van der Waals surface area contributed by atoms with E-state index >= 15 is 0 Å². The van der Waals surface area contributed by atoms with Crippen LogP contribution in [0, 0.1) is 5.92 Å². The molecule has 0 spiro atoms. The van der Waals surface area contributed by atoms with Crippen molar-refractivity contribution in [2.24, 2.45) is 5.92 Å². The van der Waals surface area contributed by atoms with E-state index in [4.69, 9.17) is 9.47 Å². The molecule has 1 saturated carbocycles. The maximum atomic E-state index is 13.8. The number of hydrogen-bond acceptors (Lipinski definition) is 6. The molecular weight excluding hydrogens is 536 g/mol. The van der Waals surface area contributed by atoms with Crippen LogP contribution in [0.1, 0.15) is 48.3 Å². The first kappa shape index (κ1) is 27.5. The van der Waals surface area contributed by atoms with Crippen LogP contribution in [0.15, 0.2) is 78.9 Å². The predicted molar refractivity (Wildman–Crippen MR) is 152 cm³/mol. The van der Waals surface area contributed by atoms with Crippen molar-refractivity contribution >= 4 is 23.9 Å². The molecule has 216 valence electrons. The summed E-state index contributed by atoms with van der Waals surface area (Å²) < 4.78 is 11.0. The van der Waals surface area contributed by atoms with Crippen molar-refractivity contribution < 1.29 is 33.8 Å². The van der Waals surface area contributed by atoms with E-state index in [-0.39, 0.29) is 31.6 Å². The molecule has 0 unspecified atom stereocenters. The summed E-state index contributed by atoms with van der Waals surface area (Å²) in [5, 5.41) is 12.5. The maximum absolute atomic E-state index is 13.8.